The Kier molecular flexibility index (Phi) is 4.59. The number of alkyl halides is 3. The van der Waals surface area contributed by atoms with Gasteiger partial charge in [-0.1, -0.05) is 0 Å². The lowest BCUT2D eigenvalue weighted by Gasteiger charge is -2.09. The van der Waals surface area contributed by atoms with Crippen molar-refractivity contribution in [2.75, 3.05) is 18.4 Å². The largest absolute Gasteiger partial charge is 0.454 e. The molecular formula is C13H13F3N4O. The molecule has 0 bridgehead atoms. The molecule has 0 spiro atoms. The van der Waals surface area contributed by atoms with E-state index in [9.17, 15) is 13.2 Å². The van der Waals surface area contributed by atoms with E-state index in [1.807, 2.05) is 0 Å². The first-order valence-electron chi connectivity index (χ1n) is 6.10. The quantitative estimate of drug-likeness (QED) is 0.888. The van der Waals surface area contributed by atoms with Crippen LogP contribution >= 0.6 is 0 Å². The molecule has 0 radical (unpaired) electrons. The minimum Gasteiger partial charge on any atom is -0.454 e. The van der Waals surface area contributed by atoms with Crippen LogP contribution in [0.3, 0.4) is 0 Å². The van der Waals surface area contributed by atoms with Gasteiger partial charge in [-0.15, -0.1) is 0 Å². The van der Waals surface area contributed by atoms with E-state index in [4.69, 9.17) is 10.5 Å². The van der Waals surface area contributed by atoms with Gasteiger partial charge in [-0.05, 0) is 24.3 Å². The maximum absolute atomic E-state index is 12.4. The molecule has 0 amide bonds. The van der Waals surface area contributed by atoms with Gasteiger partial charge in [0.2, 0.25) is 5.95 Å². The van der Waals surface area contributed by atoms with Crippen LogP contribution in [-0.4, -0.2) is 23.1 Å². The fraction of sp³-hybridized carbons (Fsp3) is 0.231. The summed E-state index contributed by atoms with van der Waals surface area (Å²) in [5, 5.41) is 2.88. The van der Waals surface area contributed by atoms with Crippen LogP contribution in [0.1, 0.15) is 5.56 Å². The van der Waals surface area contributed by atoms with E-state index < -0.39 is 11.7 Å². The van der Waals surface area contributed by atoms with Crippen molar-refractivity contribution in [2.24, 2.45) is 5.73 Å². The molecule has 1 aromatic heterocycles. The van der Waals surface area contributed by atoms with Crippen molar-refractivity contribution < 1.29 is 17.9 Å². The molecule has 21 heavy (non-hydrogen) atoms. The monoisotopic (exact) mass is 298 g/mol. The van der Waals surface area contributed by atoms with Crippen LogP contribution in [0.2, 0.25) is 0 Å². The maximum Gasteiger partial charge on any atom is 0.416 e. The van der Waals surface area contributed by atoms with E-state index in [-0.39, 0.29) is 5.75 Å². The first-order valence-corrected chi connectivity index (χ1v) is 6.10. The average molecular weight is 298 g/mol. The van der Waals surface area contributed by atoms with Gasteiger partial charge in [0, 0.05) is 13.1 Å². The SMILES string of the molecule is NCCNc1ncc(Oc2ccc(C(F)(F)F)cc2)cn1. The summed E-state index contributed by atoms with van der Waals surface area (Å²) in [7, 11) is 0. The molecule has 0 aliphatic rings. The normalized spacial score (nSPS) is 11.2. The lowest BCUT2D eigenvalue weighted by Crippen LogP contribution is -2.14. The van der Waals surface area contributed by atoms with Gasteiger partial charge in [0.05, 0.1) is 18.0 Å². The molecule has 0 aliphatic heterocycles. The molecule has 0 saturated carbocycles. The number of nitrogens with zero attached hydrogens (tertiary/aromatic N) is 2. The summed E-state index contributed by atoms with van der Waals surface area (Å²) in [6.07, 6.45) is -1.52. The van der Waals surface area contributed by atoms with Crippen molar-refractivity contribution in [3.8, 4) is 11.5 Å². The Hall–Kier alpha value is -2.35. The molecule has 2 rings (SSSR count). The Bertz CT molecular complexity index is 569. The molecule has 8 heteroatoms. The number of ether oxygens (including phenoxy) is 1. The van der Waals surface area contributed by atoms with Crippen molar-refractivity contribution in [3.05, 3.63) is 42.2 Å². The molecule has 0 fully saturated rings. The molecule has 3 N–H and O–H groups in total. The third-order valence-electron chi connectivity index (χ3n) is 2.47. The van der Waals surface area contributed by atoms with Crippen LogP contribution in [0.4, 0.5) is 19.1 Å². The van der Waals surface area contributed by atoms with E-state index in [0.29, 0.717) is 24.8 Å². The number of hydrogen-bond acceptors (Lipinski definition) is 5. The Morgan fingerprint density at radius 3 is 2.19 bits per heavy atom. The number of aromatic nitrogens is 2. The molecule has 0 saturated heterocycles. The highest BCUT2D eigenvalue weighted by molar-refractivity contribution is 5.34. The van der Waals surface area contributed by atoms with E-state index >= 15 is 0 Å². The zero-order valence-electron chi connectivity index (χ0n) is 10.9. The summed E-state index contributed by atoms with van der Waals surface area (Å²) in [6.45, 7) is 0.992. The second-order valence-electron chi connectivity index (χ2n) is 4.08. The standard InChI is InChI=1S/C13H13F3N4O/c14-13(15,16)9-1-3-10(4-2-9)21-11-7-19-12(20-8-11)18-6-5-17/h1-4,7-8H,5-6,17H2,(H,18,19,20). The number of rotatable bonds is 5. The van der Waals surface area contributed by atoms with Gasteiger partial charge < -0.3 is 15.8 Å². The second kappa shape index (κ2) is 6.40. The number of benzene rings is 1. The Labute approximate surface area is 119 Å². The van der Waals surface area contributed by atoms with E-state index in [1.54, 1.807) is 0 Å². The fourth-order valence-electron chi connectivity index (χ4n) is 1.49. The number of nitrogens with two attached hydrogens (primary N) is 1. The molecule has 0 unspecified atom stereocenters. The maximum atomic E-state index is 12.4. The van der Waals surface area contributed by atoms with Crippen molar-refractivity contribution in [3.63, 3.8) is 0 Å². The molecule has 1 heterocycles. The zero-order chi connectivity index (χ0) is 15.3. The minimum absolute atomic E-state index is 0.272. The first-order chi connectivity index (χ1) is 9.99. The van der Waals surface area contributed by atoms with Crippen LogP contribution in [0.15, 0.2) is 36.7 Å². The number of hydrogen-bond donors (Lipinski definition) is 2. The van der Waals surface area contributed by atoms with Gasteiger partial charge in [-0.2, -0.15) is 13.2 Å². The van der Waals surface area contributed by atoms with Crippen molar-refractivity contribution in [1.82, 2.24) is 9.97 Å². The topological polar surface area (TPSA) is 73.1 Å². The van der Waals surface area contributed by atoms with Crippen molar-refractivity contribution in [1.29, 1.82) is 0 Å². The Morgan fingerprint density at radius 1 is 1.05 bits per heavy atom. The van der Waals surface area contributed by atoms with Crippen LogP contribution in [-0.2, 0) is 6.18 Å². The smallest absolute Gasteiger partial charge is 0.416 e. The highest BCUT2D eigenvalue weighted by Gasteiger charge is 2.30. The van der Waals surface area contributed by atoms with Crippen LogP contribution in [0, 0.1) is 0 Å². The molecule has 2 aromatic rings. The summed E-state index contributed by atoms with van der Waals surface area (Å²) in [6, 6.07) is 4.38. The predicted molar refractivity (Wildman–Crippen MR) is 71.1 cm³/mol. The van der Waals surface area contributed by atoms with Crippen LogP contribution < -0.4 is 15.8 Å². The third kappa shape index (κ3) is 4.32. The zero-order valence-corrected chi connectivity index (χ0v) is 10.9. The van der Waals surface area contributed by atoms with Crippen LogP contribution in [0.5, 0.6) is 11.5 Å². The van der Waals surface area contributed by atoms with E-state index in [0.717, 1.165) is 12.1 Å². The lowest BCUT2D eigenvalue weighted by molar-refractivity contribution is -0.137. The summed E-state index contributed by atoms with van der Waals surface area (Å²) in [4.78, 5) is 7.97. The Balaban J connectivity index is 2.01. The summed E-state index contributed by atoms with van der Waals surface area (Å²) in [5.41, 5.74) is 4.60. The van der Waals surface area contributed by atoms with Gasteiger partial charge in [-0.3, -0.25) is 0 Å². The van der Waals surface area contributed by atoms with Gasteiger partial charge in [0.1, 0.15) is 5.75 Å². The van der Waals surface area contributed by atoms with Gasteiger partial charge >= 0.3 is 6.18 Å². The predicted octanol–water partition coefficient (Wildman–Crippen LogP) is 2.66. The highest BCUT2D eigenvalue weighted by atomic mass is 19.4. The number of halogens is 3. The van der Waals surface area contributed by atoms with Gasteiger partial charge in [0.25, 0.3) is 0 Å². The number of nitrogens with one attached hydrogen (secondary N) is 1. The molecular weight excluding hydrogens is 285 g/mol. The third-order valence-corrected chi connectivity index (χ3v) is 2.47. The Morgan fingerprint density at radius 2 is 1.67 bits per heavy atom. The fourth-order valence-corrected chi connectivity index (χ4v) is 1.49. The molecule has 112 valence electrons. The summed E-state index contributed by atoms with van der Waals surface area (Å²) >= 11 is 0. The van der Waals surface area contributed by atoms with Crippen molar-refractivity contribution in [2.45, 2.75) is 6.18 Å². The van der Waals surface area contributed by atoms with E-state index in [2.05, 4.69) is 15.3 Å². The summed E-state index contributed by atoms with van der Waals surface area (Å²) in [5.74, 6) is 1.00. The van der Waals surface area contributed by atoms with E-state index in [1.165, 1.54) is 24.5 Å². The first kappa shape index (κ1) is 15.0. The molecule has 5 nitrogen and oxygen atoms in total. The lowest BCUT2D eigenvalue weighted by atomic mass is 10.2. The average Bonchev–Trinajstić information content (AvgIpc) is 2.46. The van der Waals surface area contributed by atoms with Gasteiger partial charge in [-0.25, -0.2) is 9.97 Å². The van der Waals surface area contributed by atoms with Gasteiger partial charge in [0.15, 0.2) is 5.75 Å². The molecule has 0 atom stereocenters. The second-order valence-corrected chi connectivity index (χ2v) is 4.08. The minimum atomic E-state index is -4.36. The molecule has 1 aromatic carbocycles. The summed E-state index contributed by atoms with van der Waals surface area (Å²) < 4.78 is 42.6. The molecule has 0 aliphatic carbocycles. The highest BCUT2D eigenvalue weighted by Crippen LogP contribution is 2.31. The van der Waals surface area contributed by atoms with Crippen LogP contribution in [0.25, 0.3) is 0 Å². The van der Waals surface area contributed by atoms with Crippen molar-refractivity contribution >= 4 is 5.95 Å². The number of anilines is 1.